The highest BCUT2D eigenvalue weighted by Crippen LogP contribution is 2.31. The van der Waals surface area contributed by atoms with Gasteiger partial charge in [-0.05, 0) is 20.3 Å². The molecule has 2 atom stereocenters. The Morgan fingerprint density at radius 2 is 2.19 bits per heavy atom. The second-order valence-electron chi connectivity index (χ2n) is 5.60. The second-order valence-corrected chi connectivity index (χ2v) is 7.44. The normalized spacial score (nSPS) is 23.8. The van der Waals surface area contributed by atoms with Gasteiger partial charge < -0.3 is 9.72 Å². The van der Waals surface area contributed by atoms with Crippen molar-refractivity contribution in [3.63, 3.8) is 0 Å². The van der Waals surface area contributed by atoms with Crippen LogP contribution in [0.1, 0.15) is 29.7 Å². The first-order valence-electron chi connectivity index (χ1n) is 7.04. The molecule has 2 rings (SSSR count). The van der Waals surface area contributed by atoms with Crippen molar-refractivity contribution in [3.8, 4) is 0 Å². The summed E-state index contributed by atoms with van der Waals surface area (Å²) in [5, 5.41) is 0. The summed E-state index contributed by atoms with van der Waals surface area (Å²) in [5.74, 6) is 0.934. The SMILES string of the molecule is CO[C@@H]1C[C@@H](c2nc(C)c(C)[nH]2)N(CCNS(C)(=O)=O)C1. The van der Waals surface area contributed by atoms with Crippen molar-refractivity contribution in [2.75, 3.05) is 33.0 Å². The summed E-state index contributed by atoms with van der Waals surface area (Å²) in [6, 6.07) is 0.142. The van der Waals surface area contributed by atoms with Crippen molar-refractivity contribution >= 4 is 10.0 Å². The van der Waals surface area contributed by atoms with Gasteiger partial charge in [0.1, 0.15) is 5.82 Å². The van der Waals surface area contributed by atoms with Gasteiger partial charge in [-0.2, -0.15) is 0 Å². The molecule has 1 aromatic rings. The summed E-state index contributed by atoms with van der Waals surface area (Å²) >= 11 is 0. The zero-order chi connectivity index (χ0) is 15.6. The van der Waals surface area contributed by atoms with Crippen LogP contribution in [0.5, 0.6) is 0 Å². The van der Waals surface area contributed by atoms with Crippen LogP contribution >= 0.6 is 0 Å². The molecule has 7 nitrogen and oxygen atoms in total. The highest BCUT2D eigenvalue weighted by atomic mass is 32.2. The van der Waals surface area contributed by atoms with Crippen molar-refractivity contribution in [2.24, 2.45) is 0 Å². The second kappa shape index (κ2) is 6.43. The number of nitrogens with zero attached hydrogens (tertiary/aromatic N) is 2. The zero-order valence-electron chi connectivity index (χ0n) is 13.0. The number of hydrogen-bond donors (Lipinski definition) is 2. The summed E-state index contributed by atoms with van der Waals surface area (Å²) in [7, 11) is -1.44. The molecule has 8 heteroatoms. The molecule has 0 aromatic carbocycles. The Labute approximate surface area is 126 Å². The summed E-state index contributed by atoms with van der Waals surface area (Å²) < 4.78 is 30.3. The number of aromatic amines is 1. The number of aromatic nitrogens is 2. The Morgan fingerprint density at radius 3 is 2.71 bits per heavy atom. The molecule has 2 heterocycles. The standard InChI is InChI=1S/C13H24N4O3S/c1-9-10(2)16-13(15-9)12-7-11(20-3)8-17(12)6-5-14-21(4,18)19/h11-12,14H,5-8H2,1-4H3,(H,15,16)/t11-,12+/m1/s1. The van der Waals surface area contributed by atoms with Crippen molar-refractivity contribution in [2.45, 2.75) is 32.4 Å². The monoisotopic (exact) mass is 316 g/mol. The molecule has 0 radical (unpaired) electrons. The molecule has 1 aliphatic rings. The molecular formula is C13H24N4O3S. The van der Waals surface area contributed by atoms with Crippen molar-refractivity contribution in [3.05, 3.63) is 17.2 Å². The Morgan fingerprint density at radius 1 is 1.48 bits per heavy atom. The van der Waals surface area contributed by atoms with Gasteiger partial charge in [0, 0.05) is 32.4 Å². The lowest BCUT2D eigenvalue weighted by atomic mass is 10.2. The quantitative estimate of drug-likeness (QED) is 0.790. The van der Waals surface area contributed by atoms with E-state index in [1.165, 1.54) is 6.26 Å². The van der Waals surface area contributed by atoms with Crippen LogP contribution in [0, 0.1) is 13.8 Å². The van der Waals surface area contributed by atoms with E-state index >= 15 is 0 Å². The molecule has 0 aliphatic carbocycles. The van der Waals surface area contributed by atoms with Gasteiger partial charge in [0.25, 0.3) is 0 Å². The van der Waals surface area contributed by atoms with Gasteiger partial charge in [-0.1, -0.05) is 0 Å². The fraction of sp³-hybridized carbons (Fsp3) is 0.769. The molecule has 0 unspecified atom stereocenters. The number of ether oxygens (including phenoxy) is 1. The minimum absolute atomic E-state index is 0.142. The van der Waals surface area contributed by atoms with E-state index in [0.29, 0.717) is 13.1 Å². The third kappa shape index (κ3) is 4.26. The van der Waals surface area contributed by atoms with E-state index in [0.717, 1.165) is 30.2 Å². The summed E-state index contributed by atoms with van der Waals surface area (Å²) in [4.78, 5) is 10.1. The van der Waals surface area contributed by atoms with Gasteiger partial charge in [-0.15, -0.1) is 0 Å². The fourth-order valence-electron chi connectivity index (χ4n) is 2.67. The first kappa shape index (κ1) is 16.4. The zero-order valence-corrected chi connectivity index (χ0v) is 13.8. The molecule has 0 bridgehead atoms. The first-order valence-corrected chi connectivity index (χ1v) is 8.94. The first-order chi connectivity index (χ1) is 9.80. The molecule has 120 valence electrons. The Kier molecular flexibility index (Phi) is 5.03. The molecule has 21 heavy (non-hydrogen) atoms. The minimum Gasteiger partial charge on any atom is -0.380 e. The van der Waals surface area contributed by atoms with Crippen LogP contribution in [-0.4, -0.2) is 62.4 Å². The fourth-order valence-corrected chi connectivity index (χ4v) is 3.13. The topological polar surface area (TPSA) is 87.3 Å². The lowest BCUT2D eigenvalue weighted by Crippen LogP contribution is -2.35. The molecule has 0 amide bonds. The third-order valence-corrected chi connectivity index (χ3v) is 4.65. The summed E-state index contributed by atoms with van der Waals surface area (Å²) in [6.45, 7) is 5.80. The van der Waals surface area contributed by atoms with Gasteiger partial charge >= 0.3 is 0 Å². The third-order valence-electron chi connectivity index (χ3n) is 3.92. The number of sulfonamides is 1. The number of hydrogen-bond acceptors (Lipinski definition) is 5. The molecule has 1 saturated heterocycles. The predicted molar refractivity (Wildman–Crippen MR) is 80.6 cm³/mol. The molecular weight excluding hydrogens is 292 g/mol. The summed E-state index contributed by atoms with van der Waals surface area (Å²) in [6.07, 6.45) is 2.19. The lowest BCUT2D eigenvalue weighted by molar-refractivity contribution is 0.108. The van der Waals surface area contributed by atoms with Crippen LogP contribution in [0.3, 0.4) is 0 Å². The van der Waals surface area contributed by atoms with Crippen LogP contribution in [0.2, 0.25) is 0 Å². The Hall–Kier alpha value is -0.960. The maximum Gasteiger partial charge on any atom is 0.208 e. The van der Waals surface area contributed by atoms with Crippen LogP contribution < -0.4 is 4.72 Å². The van der Waals surface area contributed by atoms with Gasteiger partial charge in [0.05, 0.1) is 24.1 Å². The predicted octanol–water partition coefficient (Wildman–Crippen LogP) is 0.338. The van der Waals surface area contributed by atoms with Crippen molar-refractivity contribution in [1.29, 1.82) is 0 Å². The molecule has 0 saturated carbocycles. The number of methoxy groups -OCH3 is 1. The largest absolute Gasteiger partial charge is 0.380 e. The number of H-pyrrole nitrogens is 1. The van der Waals surface area contributed by atoms with E-state index < -0.39 is 10.0 Å². The van der Waals surface area contributed by atoms with Gasteiger partial charge in [0.15, 0.2) is 0 Å². The average molecular weight is 316 g/mol. The lowest BCUT2D eigenvalue weighted by Gasteiger charge is -2.22. The van der Waals surface area contributed by atoms with Crippen LogP contribution in [0.25, 0.3) is 0 Å². The van der Waals surface area contributed by atoms with E-state index in [9.17, 15) is 8.42 Å². The van der Waals surface area contributed by atoms with E-state index in [1.54, 1.807) is 7.11 Å². The number of likely N-dealkylation sites (tertiary alicyclic amines) is 1. The average Bonchev–Trinajstić information content (AvgIpc) is 2.92. The van der Waals surface area contributed by atoms with Crippen molar-refractivity contribution in [1.82, 2.24) is 19.6 Å². The maximum absolute atomic E-state index is 11.2. The molecule has 0 spiro atoms. The number of nitrogens with one attached hydrogen (secondary N) is 2. The summed E-state index contributed by atoms with van der Waals surface area (Å²) in [5.41, 5.74) is 2.07. The van der Waals surface area contributed by atoms with E-state index in [-0.39, 0.29) is 12.1 Å². The molecule has 1 aromatic heterocycles. The number of imidazole rings is 1. The smallest absolute Gasteiger partial charge is 0.208 e. The minimum atomic E-state index is -3.15. The highest BCUT2D eigenvalue weighted by Gasteiger charge is 2.34. The maximum atomic E-state index is 11.2. The van der Waals surface area contributed by atoms with Crippen LogP contribution in [-0.2, 0) is 14.8 Å². The van der Waals surface area contributed by atoms with Crippen LogP contribution in [0.15, 0.2) is 0 Å². The van der Waals surface area contributed by atoms with Crippen LogP contribution in [0.4, 0.5) is 0 Å². The van der Waals surface area contributed by atoms with Gasteiger partial charge in [-0.25, -0.2) is 18.1 Å². The Bertz CT molecular complexity index is 565. The molecule has 1 fully saturated rings. The van der Waals surface area contributed by atoms with E-state index in [1.807, 2.05) is 13.8 Å². The number of aryl methyl sites for hydroxylation is 2. The van der Waals surface area contributed by atoms with E-state index in [2.05, 4.69) is 19.6 Å². The van der Waals surface area contributed by atoms with E-state index in [4.69, 9.17) is 4.74 Å². The number of rotatable bonds is 6. The van der Waals surface area contributed by atoms with Gasteiger partial charge in [0.2, 0.25) is 10.0 Å². The Balaban J connectivity index is 2.06. The van der Waals surface area contributed by atoms with Gasteiger partial charge in [-0.3, -0.25) is 4.90 Å². The molecule has 1 aliphatic heterocycles. The molecule has 2 N–H and O–H groups in total. The highest BCUT2D eigenvalue weighted by molar-refractivity contribution is 7.88. The van der Waals surface area contributed by atoms with Crippen molar-refractivity contribution < 1.29 is 13.2 Å².